The van der Waals surface area contributed by atoms with Gasteiger partial charge in [0, 0.05) is 16.1 Å². The molecule has 0 bridgehead atoms. The van der Waals surface area contributed by atoms with Crippen LogP contribution in [0.5, 0.6) is 0 Å². The van der Waals surface area contributed by atoms with E-state index in [4.69, 9.17) is 17.3 Å². The van der Waals surface area contributed by atoms with E-state index in [1.165, 1.54) is 16.2 Å². The van der Waals surface area contributed by atoms with E-state index in [0.29, 0.717) is 9.90 Å². The van der Waals surface area contributed by atoms with Crippen molar-refractivity contribution < 1.29 is 9.59 Å². The number of halogens is 1. The van der Waals surface area contributed by atoms with Gasteiger partial charge in [-0.15, -0.1) is 11.3 Å². The van der Waals surface area contributed by atoms with Crippen LogP contribution in [0.3, 0.4) is 0 Å². The number of benzene rings is 1. The van der Waals surface area contributed by atoms with Crippen LogP contribution in [-0.4, -0.2) is 29.3 Å². The number of carbonyl (C=O) groups is 2. The van der Waals surface area contributed by atoms with E-state index in [1.807, 2.05) is 38.1 Å². The Kier molecular flexibility index (Phi) is 4.30. The van der Waals surface area contributed by atoms with Crippen LogP contribution < -0.4 is 5.73 Å². The lowest BCUT2D eigenvalue weighted by molar-refractivity contribution is -0.119. The van der Waals surface area contributed by atoms with Gasteiger partial charge in [-0.2, -0.15) is 0 Å². The number of amides is 2. The predicted molar refractivity (Wildman–Crippen MR) is 82.2 cm³/mol. The molecule has 1 aromatic carbocycles. The van der Waals surface area contributed by atoms with Crippen molar-refractivity contribution in [1.29, 1.82) is 0 Å². The Morgan fingerprint density at radius 1 is 1.35 bits per heavy atom. The zero-order chi connectivity index (χ0) is 14.9. The fraction of sp³-hybridized carbons (Fsp3) is 0.286. The van der Waals surface area contributed by atoms with E-state index in [9.17, 15) is 9.59 Å². The first-order valence-corrected chi connectivity index (χ1v) is 7.37. The lowest BCUT2D eigenvalue weighted by Crippen LogP contribution is -2.42. The molecule has 0 spiro atoms. The normalized spacial score (nSPS) is 11.0. The van der Waals surface area contributed by atoms with Crippen LogP contribution in [0.15, 0.2) is 24.3 Å². The molecule has 0 saturated carbocycles. The second-order valence-electron chi connectivity index (χ2n) is 4.73. The van der Waals surface area contributed by atoms with Crippen LogP contribution in [0.4, 0.5) is 0 Å². The molecule has 2 rings (SSSR count). The lowest BCUT2D eigenvalue weighted by atomic mass is 10.2. The molecule has 20 heavy (non-hydrogen) atoms. The van der Waals surface area contributed by atoms with E-state index < -0.39 is 5.91 Å². The third kappa shape index (κ3) is 2.78. The van der Waals surface area contributed by atoms with Crippen molar-refractivity contribution in [2.45, 2.75) is 19.9 Å². The number of primary amides is 1. The Morgan fingerprint density at radius 2 is 2.00 bits per heavy atom. The molecule has 0 fully saturated rings. The fourth-order valence-corrected chi connectivity index (χ4v) is 3.41. The predicted octanol–water partition coefficient (Wildman–Crippen LogP) is 2.89. The van der Waals surface area contributed by atoms with Gasteiger partial charge in [0.05, 0.1) is 11.6 Å². The molecule has 0 radical (unpaired) electrons. The van der Waals surface area contributed by atoms with E-state index in [1.54, 1.807) is 0 Å². The smallest absolute Gasteiger partial charge is 0.266 e. The van der Waals surface area contributed by atoms with Gasteiger partial charge < -0.3 is 10.6 Å². The second-order valence-corrected chi connectivity index (χ2v) is 6.16. The van der Waals surface area contributed by atoms with Gasteiger partial charge in [-0.05, 0) is 19.9 Å². The van der Waals surface area contributed by atoms with E-state index in [2.05, 4.69) is 0 Å². The summed E-state index contributed by atoms with van der Waals surface area (Å²) in [6.07, 6.45) is 0. The van der Waals surface area contributed by atoms with Gasteiger partial charge in [0.25, 0.3) is 5.91 Å². The molecule has 0 saturated heterocycles. The number of hydrogen-bond donors (Lipinski definition) is 1. The molecule has 4 nitrogen and oxygen atoms in total. The van der Waals surface area contributed by atoms with Crippen molar-refractivity contribution in [3.05, 3.63) is 34.2 Å². The highest BCUT2D eigenvalue weighted by atomic mass is 35.5. The zero-order valence-corrected chi connectivity index (χ0v) is 12.8. The Labute approximate surface area is 126 Å². The maximum Gasteiger partial charge on any atom is 0.266 e. The van der Waals surface area contributed by atoms with Crippen molar-refractivity contribution in [1.82, 2.24) is 4.90 Å². The molecule has 2 aromatic rings. The number of fused-ring (bicyclic) bond motifs is 1. The third-order valence-electron chi connectivity index (χ3n) is 2.94. The lowest BCUT2D eigenvalue weighted by Gasteiger charge is -2.24. The number of carbonyl (C=O) groups excluding carboxylic acids is 2. The molecule has 6 heteroatoms. The molecule has 0 unspecified atom stereocenters. The highest BCUT2D eigenvalue weighted by molar-refractivity contribution is 7.21. The van der Waals surface area contributed by atoms with Crippen LogP contribution in [0, 0.1) is 0 Å². The number of hydrogen-bond acceptors (Lipinski definition) is 3. The maximum absolute atomic E-state index is 12.6. The molecule has 106 valence electrons. The Bertz CT molecular complexity index is 666. The molecule has 0 aliphatic heterocycles. The van der Waals surface area contributed by atoms with Crippen molar-refractivity contribution >= 4 is 44.8 Å². The molecular weight excluding hydrogens is 296 g/mol. The number of rotatable bonds is 4. The average molecular weight is 311 g/mol. The maximum atomic E-state index is 12.6. The number of nitrogens with two attached hydrogens (primary N) is 1. The number of thiophene rings is 1. The van der Waals surface area contributed by atoms with Crippen LogP contribution in [0.25, 0.3) is 10.1 Å². The van der Waals surface area contributed by atoms with E-state index >= 15 is 0 Å². The minimum Gasteiger partial charge on any atom is -0.368 e. The minimum absolute atomic E-state index is 0.110. The first kappa shape index (κ1) is 14.8. The van der Waals surface area contributed by atoms with Gasteiger partial charge in [0.1, 0.15) is 4.88 Å². The molecule has 2 amide bonds. The van der Waals surface area contributed by atoms with Crippen molar-refractivity contribution in [3.8, 4) is 0 Å². The van der Waals surface area contributed by atoms with Crippen LogP contribution in [0.2, 0.25) is 5.02 Å². The molecule has 2 N–H and O–H groups in total. The average Bonchev–Trinajstić information content (AvgIpc) is 2.73. The Balaban J connectivity index is 2.43. The summed E-state index contributed by atoms with van der Waals surface area (Å²) in [4.78, 5) is 25.5. The quantitative estimate of drug-likeness (QED) is 0.943. The largest absolute Gasteiger partial charge is 0.368 e. The van der Waals surface area contributed by atoms with Crippen molar-refractivity contribution in [2.75, 3.05) is 6.54 Å². The van der Waals surface area contributed by atoms with Gasteiger partial charge >= 0.3 is 0 Å². The highest BCUT2D eigenvalue weighted by Gasteiger charge is 2.25. The van der Waals surface area contributed by atoms with Gasteiger partial charge in [-0.3, -0.25) is 9.59 Å². The first-order chi connectivity index (χ1) is 9.41. The van der Waals surface area contributed by atoms with Crippen molar-refractivity contribution in [2.24, 2.45) is 5.73 Å². The van der Waals surface area contributed by atoms with Gasteiger partial charge in [0.2, 0.25) is 5.91 Å². The Morgan fingerprint density at radius 3 is 2.55 bits per heavy atom. The first-order valence-electron chi connectivity index (χ1n) is 6.18. The standard InChI is InChI=1S/C14H15ClN2O2S/c1-8(2)17(7-11(16)18)14(19)13-12(15)9-5-3-4-6-10(9)20-13/h3-6,8H,7H2,1-2H3,(H2,16,18). The third-order valence-corrected chi connectivity index (χ3v) is 4.60. The molecular formula is C14H15ClN2O2S. The van der Waals surface area contributed by atoms with Gasteiger partial charge in [0.15, 0.2) is 0 Å². The topological polar surface area (TPSA) is 63.4 Å². The monoisotopic (exact) mass is 310 g/mol. The van der Waals surface area contributed by atoms with Gasteiger partial charge in [-0.1, -0.05) is 29.8 Å². The summed E-state index contributed by atoms with van der Waals surface area (Å²) in [6, 6.07) is 7.43. The summed E-state index contributed by atoms with van der Waals surface area (Å²) < 4.78 is 0.948. The molecule has 1 aromatic heterocycles. The molecule has 0 aliphatic rings. The molecule has 0 atom stereocenters. The zero-order valence-electron chi connectivity index (χ0n) is 11.2. The second kappa shape index (κ2) is 5.81. The van der Waals surface area contributed by atoms with Gasteiger partial charge in [-0.25, -0.2) is 0 Å². The highest BCUT2D eigenvalue weighted by Crippen LogP contribution is 2.36. The SMILES string of the molecule is CC(C)N(CC(N)=O)C(=O)c1sc2ccccc2c1Cl. The summed E-state index contributed by atoms with van der Waals surface area (Å²) >= 11 is 7.61. The van der Waals surface area contributed by atoms with E-state index in [0.717, 1.165) is 10.1 Å². The summed E-state index contributed by atoms with van der Waals surface area (Å²) in [6.45, 7) is 3.56. The summed E-state index contributed by atoms with van der Waals surface area (Å²) in [7, 11) is 0. The van der Waals surface area contributed by atoms with Crippen LogP contribution in [-0.2, 0) is 4.79 Å². The summed E-state index contributed by atoms with van der Waals surface area (Å²) in [5.74, 6) is -0.797. The molecule has 1 heterocycles. The van der Waals surface area contributed by atoms with Crippen molar-refractivity contribution in [3.63, 3.8) is 0 Å². The van der Waals surface area contributed by atoms with Crippen LogP contribution >= 0.6 is 22.9 Å². The summed E-state index contributed by atoms with van der Waals surface area (Å²) in [5, 5.41) is 1.29. The number of nitrogens with zero attached hydrogens (tertiary/aromatic N) is 1. The minimum atomic E-state index is -0.538. The van der Waals surface area contributed by atoms with E-state index in [-0.39, 0.29) is 18.5 Å². The molecule has 0 aliphatic carbocycles. The Hall–Kier alpha value is -1.59. The fourth-order valence-electron chi connectivity index (χ4n) is 1.94. The van der Waals surface area contributed by atoms with Crippen LogP contribution in [0.1, 0.15) is 23.5 Å². The summed E-state index contributed by atoms with van der Waals surface area (Å²) in [5.41, 5.74) is 5.20.